The first-order chi connectivity index (χ1) is 17.7. The lowest BCUT2D eigenvalue weighted by Gasteiger charge is -2.34. The lowest BCUT2D eigenvalue weighted by Crippen LogP contribution is -2.39. The number of benzene rings is 1. The first-order valence-corrected chi connectivity index (χ1v) is 13.0. The maximum atomic E-state index is 10.8. The Balaban J connectivity index is 1.52. The third-order valence-electron chi connectivity index (χ3n) is 6.69. The van der Waals surface area contributed by atoms with Crippen molar-refractivity contribution >= 4 is 5.88 Å². The molecule has 1 aliphatic rings. The Morgan fingerprint density at radius 3 is 2.81 bits per heavy atom. The summed E-state index contributed by atoms with van der Waals surface area (Å²) in [6.07, 6.45) is 5.37. The van der Waals surface area contributed by atoms with Gasteiger partial charge in [-0.15, -0.1) is 0 Å². The van der Waals surface area contributed by atoms with Gasteiger partial charge in [-0.1, -0.05) is 35.5 Å². The Morgan fingerprint density at radius 2 is 2.06 bits per heavy atom. The van der Waals surface area contributed by atoms with Gasteiger partial charge in [-0.05, 0) is 44.7 Å². The number of rotatable bonds is 14. The number of methoxy groups -OCH3 is 1. The number of aliphatic hydroxyl groups excluding tert-OH is 1. The number of piperidine rings is 1. The van der Waals surface area contributed by atoms with Crippen LogP contribution in [-0.2, 0) is 22.6 Å². The Labute approximate surface area is 213 Å². The van der Waals surface area contributed by atoms with Gasteiger partial charge in [0.25, 0.3) is 0 Å². The summed E-state index contributed by atoms with van der Waals surface area (Å²) in [5.74, 6) is 1.60. The Morgan fingerprint density at radius 1 is 1.19 bits per heavy atom. The second-order valence-corrected chi connectivity index (χ2v) is 9.55. The van der Waals surface area contributed by atoms with E-state index in [0.29, 0.717) is 32.3 Å². The van der Waals surface area contributed by atoms with E-state index in [-0.39, 0.29) is 6.61 Å². The van der Waals surface area contributed by atoms with Crippen molar-refractivity contribution in [3.05, 3.63) is 60.1 Å². The number of aliphatic hydroxyl groups is 1. The zero-order valence-corrected chi connectivity index (χ0v) is 21.5. The first kappa shape index (κ1) is 26.4. The van der Waals surface area contributed by atoms with Gasteiger partial charge in [-0.2, -0.15) is 0 Å². The van der Waals surface area contributed by atoms with Crippen LogP contribution in [0.4, 0.5) is 5.88 Å². The number of hydrogen-bond acceptors (Lipinski definition) is 8. The second-order valence-electron chi connectivity index (χ2n) is 9.55. The molecule has 0 aliphatic carbocycles. The SMILES string of the molecule is COCCCN(Cc1c(-c2ccccc2)noc1N1CCCC[C@H]1C)C[C@H](O)COCc1ccco1. The zero-order valence-electron chi connectivity index (χ0n) is 21.5. The van der Waals surface area contributed by atoms with Gasteiger partial charge in [-0.3, -0.25) is 4.90 Å². The van der Waals surface area contributed by atoms with Crippen molar-refractivity contribution in [1.82, 2.24) is 10.1 Å². The molecule has 3 aromatic rings. The summed E-state index contributed by atoms with van der Waals surface area (Å²) in [6.45, 7) is 6.31. The summed E-state index contributed by atoms with van der Waals surface area (Å²) < 4.78 is 22.3. The summed E-state index contributed by atoms with van der Waals surface area (Å²) >= 11 is 0. The van der Waals surface area contributed by atoms with Crippen LogP contribution in [0.1, 0.15) is 43.9 Å². The van der Waals surface area contributed by atoms with Crippen LogP contribution in [0.3, 0.4) is 0 Å². The lowest BCUT2D eigenvalue weighted by atomic mass is 10.0. The van der Waals surface area contributed by atoms with E-state index in [1.54, 1.807) is 13.4 Å². The highest BCUT2D eigenvalue weighted by Crippen LogP contribution is 2.35. The average Bonchev–Trinajstić information content (AvgIpc) is 3.55. The van der Waals surface area contributed by atoms with Crippen molar-refractivity contribution < 1.29 is 23.5 Å². The quantitative estimate of drug-likeness (QED) is 0.320. The Kier molecular flexibility index (Phi) is 9.98. The van der Waals surface area contributed by atoms with Gasteiger partial charge in [0.1, 0.15) is 18.1 Å². The van der Waals surface area contributed by atoms with E-state index in [2.05, 4.69) is 34.0 Å². The van der Waals surface area contributed by atoms with Crippen LogP contribution in [0.2, 0.25) is 0 Å². The predicted octanol–water partition coefficient (Wildman–Crippen LogP) is 4.73. The Hall–Kier alpha value is -2.65. The molecule has 8 heteroatoms. The van der Waals surface area contributed by atoms with Crippen molar-refractivity contribution in [3.63, 3.8) is 0 Å². The fraction of sp³-hybridized carbons (Fsp3) is 0.536. The van der Waals surface area contributed by atoms with E-state index in [1.165, 1.54) is 6.42 Å². The molecule has 3 heterocycles. The van der Waals surface area contributed by atoms with Crippen molar-refractivity contribution in [1.29, 1.82) is 0 Å². The summed E-state index contributed by atoms with van der Waals surface area (Å²) in [5, 5.41) is 15.3. The van der Waals surface area contributed by atoms with E-state index in [4.69, 9.17) is 18.4 Å². The topological polar surface area (TPSA) is 84.3 Å². The standard InChI is InChI=1S/C28H39N3O5/c1-22-10-6-7-15-31(22)28-26(27(29-36-28)23-11-4-3-5-12-23)19-30(14-9-16-33-2)18-24(32)20-34-21-25-13-8-17-35-25/h3-5,8,11-13,17,22,24,32H,6-7,9-10,14-16,18-21H2,1-2H3/t22-,24+/m1/s1. The summed E-state index contributed by atoms with van der Waals surface area (Å²) in [6, 6.07) is 14.3. The Bertz CT molecular complexity index is 1010. The maximum Gasteiger partial charge on any atom is 0.232 e. The molecule has 36 heavy (non-hydrogen) atoms. The van der Waals surface area contributed by atoms with E-state index < -0.39 is 6.10 Å². The summed E-state index contributed by atoms with van der Waals surface area (Å²) in [4.78, 5) is 4.60. The van der Waals surface area contributed by atoms with Crippen molar-refractivity contribution in [3.8, 4) is 11.3 Å². The van der Waals surface area contributed by atoms with Gasteiger partial charge in [0, 0.05) is 51.5 Å². The maximum absolute atomic E-state index is 10.8. The number of hydrogen-bond donors (Lipinski definition) is 1. The normalized spacial score (nSPS) is 17.1. The van der Waals surface area contributed by atoms with Crippen LogP contribution in [0.5, 0.6) is 0 Å². The second kappa shape index (κ2) is 13.6. The minimum Gasteiger partial charge on any atom is -0.467 e. The number of anilines is 1. The van der Waals surface area contributed by atoms with Crippen LogP contribution in [-0.4, -0.2) is 67.3 Å². The largest absolute Gasteiger partial charge is 0.467 e. The van der Waals surface area contributed by atoms with Crippen LogP contribution in [0.25, 0.3) is 11.3 Å². The highest BCUT2D eigenvalue weighted by molar-refractivity contribution is 5.68. The van der Waals surface area contributed by atoms with Gasteiger partial charge >= 0.3 is 0 Å². The number of ether oxygens (including phenoxy) is 2. The lowest BCUT2D eigenvalue weighted by molar-refractivity contribution is 0.00282. The zero-order chi connectivity index (χ0) is 25.2. The molecule has 0 saturated carbocycles. The molecule has 1 N–H and O–H groups in total. The molecule has 2 atom stereocenters. The third-order valence-corrected chi connectivity index (χ3v) is 6.69. The van der Waals surface area contributed by atoms with Gasteiger partial charge in [0.15, 0.2) is 0 Å². The molecule has 0 radical (unpaired) electrons. The average molecular weight is 498 g/mol. The van der Waals surface area contributed by atoms with Crippen molar-refractivity contribution in [2.45, 2.75) is 57.9 Å². The van der Waals surface area contributed by atoms with Crippen LogP contribution in [0.15, 0.2) is 57.7 Å². The van der Waals surface area contributed by atoms with E-state index in [0.717, 1.165) is 60.8 Å². The smallest absolute Gasteiger partial charge is 0.232 e. The number of furan rings is 1. The number of nitrogens with zero attached hydrogens (tertiary/aromatic N) is 3. The molecule has 0 spiro atoms. The molecule has 1 aromatic carbocycles. The minimum absolute atomic E-state index is 0.229. The van der Waals surface area contributed by atoms with Crippen LogP contribution < -0.4 is 4.90 Å². The van der Waals surface area contributed by atoms with Crippen LogP contribution >= 0.6 is 0 Å². The summed E-state index contributed by atoms with van der Waals surface area (Å²) in [7, 11) is 1.71. The minimum atomic E-state index is -0.639. The fourth-order valence-corrected chi connectivity index (χ4v) is 4.82. The molecule has 8 nitrogen and oxygen atoms in total. The van der Waals surface area contributed by atoms with Crippen molar-refractivity contribution in [2.75, 3.05) is 44.9 Å². The highest BCUT2D eigenvalue weighted by atomic mass is 16.5. The monoisotopic (exact) mass is 497 g/mol. The molecule has 1 saturated heterocycles. The van der Waals surface area contributed by atoms with Gasteiger partial charge in [0.05, 0.1) is 24.5 Å². The number of aromatic nitrogens is 1. The molecule has 0 unspecified atom stereocenters. The fourth-order valence-electron chi connectivity index (χ4n) is 4.82. The molecule has 2 aromatic heterocycles. The van der Waals surface area contributed by atoms with E-state index >= 15 is 0 Å². The molecular formula is C28H39N3O5. The van der Waals surface area contributed by atoms with E-state index in [1.807, 2.05) is 30.3 Å². The van der Waals surface area contributed by atoms with Gasteiger partial charge in [0.2, 0.25) is 5.88 Å². The molecule has 196 valence electrons. The van der Waals surface area contributed by atoms with Gasteiger partial charge in [-0.25, -0.2) is 0 Å². The molecule has 1 aliphatic heterocycles. The summed E-state index contributed by atoms with van der Waals surface area (Å²) in [5.41, 5.74) is 2.96. The first-order valence-electron chi connectivity index (χ1n) is 13.0. The van der Waals surface area contributed by atoms with Crippen molar-refractivity contribution in [2.24, 2.45) is 0 Å². The highest BCUT2D eigenvalue weighted by Gasteiger charge is 2.29. The third kappa shape index (κ3) is 7.20. The predicted molar refractivity (Wildman–Crippen MR) is 139 cm³/mol. The molecule has 1 fully saturated rings. The molecule has 0 bridgehead atoms. The van der Waals surface area contributed by atoms with Gasteiger partial charge < -0.3 is 28.4 Å². The molecule has 0 amide bonds. The molecule has 4 rings (SSSR count). The molecular weight excluding hydrogens is 458 g/mol. The van der Waals surface area contributed by atoms with E-state index in [9.17, 15) is 5.11 Å². The van der Waals surface area contributed by atoms with Crippen LogP contribution in [0, 0.1) is 0 Å².